The van der Waals surface area contributed by atoms with Gasteiger partial charge in [0.15, 0.2) is 5.82 Å². The summed E-state index contributed by atoms with van der Waals surface area (Å²) in [6, 6.07) is 15.5. The Kier molecular flexibility index (Phi) is 4.07. The van der Waals surface area contributed by atoms with E-state index in [9.17, 15) is 4.79 Å². The van der Waals surface area contributed by atoms with Crippen LogP contribution in [0.25, 0.3) is 22.4 Å². The Hall–Kier alpha value is -1.83. The van der Waals surface area contributed by atoms with E-state index >= 15 is 0 Å². The van der Waals surface area contributed by atoms with Gasteiger partial charge < -0.3 is 0 Å². The van der Waals surface area contributed by atoms with E-state index in [0.29, 0.717) is 15.3 Å². The molecule has 0 bridgehead atoms. The first kappa shape index (κ1) is 15.7. The molecule has 2 aromatic carbocycles. The summed E-state index contributed by atoms with van der Waals surface area (Å²) in [4.78, 5) is 17.6. The van der Waals surface area contributed by atoms with Crippen LogP contribution in [0.2, 0.25) is 0 Å². The fourth-order valence-electron chi connectivity index (χ4n) is 2.30. The van der Waals surface area contributed by atoms with Gasteiger partial charge in [-0.05, 0) is 35.9 Å². The van der Waals surface area contributed by atoms with Gasteiger partial charge in [0.25, 0.3) is 5.56 Å². The quantitative estimate of drug-likeness (QED) is 0.454. The van der Waals surface area contributed by atoms with Gasteiger partial charge in [-0.25, -0.2) is 0 Å². The molecular weight excluding hydrogens is 454 g/mol. The average Bonchev–Trinajstić information content (AvgIpc) is 3.10. The predicted molar refractivity (Wildman–Crippen MR) is 103 cm³/mol. The number of halogens is 2. The van der Waals surface area contributed by atoms with Crippen molar-refractivity contribution < 1.29 is 0 Å². The van der Waals surface area contributed by atoms with Crippen molar-refractivity contribution in [1.29, 1.82) is 0 Å². The lowest BCUT2D eigenvalue weighted by Crippen LogP contribution is -2.23. The van der Waals surface area contributed by atoms with Gasteiger partial charge in [0.05, 0.1) is 4.53 Å². The number of thiazole rings is 1. The molecule has 0 saturated carbocycles. The van der Waals surface area contributed by atoms with Crippen LogP contribution in [0.15, 0.2) is 62.3 Å². The van der Waals surface area contributed by atoms with Crippen molar-refractivity contribution in [3.8, 4) is 11.4 Å². The van der Waals surface area contributed by atoms with Crippen molar-refractivity contribution in [2.75, 3.05) is 0 Å². The molecule has 0 N–H and O–H groups in total. The van der Waals surface area contributed by atoms with E-state index in [-0.39, 0.29) is 5.56 Å². The number of hydrogen-bond donors (Lipinski definition) is 0. The number of hydrogen-bond acceptors (Lipinski definition) is 4. The van der Waals surface area contributed by atoms with Crippen LogP contribution in [0.3, 0.4) is 0 Å². The molecule has 0 aliphatic heterocycles. The third kappa shape index (κ3) is 2.83. The molecule has 4 rings (SSSR count). The summed E-state index contributed by atoms with van der Waals surface area (Å²) < 4.78 is 3.88. The second kappa shape index (κ2) is 6.23. The minimum absolute atomic E-state index is 0.149. The van der Waals surface area contributed by atoms with Crippen molar-refractivity contribution in [2.24, 2.45) is 0 Å². The molecule has 24 heavy (non-hydrogen) atoms. The Morgan fingerprint density at radius 3 is 2.50 bits per heavy atom. The molecule has 0 aliphatic rings. The molecule has 7 heteroatoms. The van der Waals surface area contributed by atoms with Gasteiger partial charge in [-0.1, -0.05) is 67.5 Å². The molecule has 2 aromatic heterocycles. The monoisotopic (exact) mass is 461 g/mol. The summed E-state index contributed by atoms with van der Waals surface area (Å²) in [7, 11) is 0. The van der Waals surface area contributed by atoms with Crippen molar-refractivity contribution in [2.45, 2.75) is 0 Å². The van der Waals surface area contributed by atoms with Crippen molar-refractivity contribution >= 4 is 54.2 Å². The lowest BCUT2D eigenvalue weighted by molar-refractivity contribution is 0.936. The van der Waals surface area contributed by atoms with E-state index in [1.165, 1.54) is 15.9 Å². The molecule has 4 aromatic rings. The van der Waals surface area contributed by atoms with Gasteiger partial charge >= 0.3 is 0 Å². The second-order valence-corrected chi connectivity index (χ2v) is 7.86. The van der Waals surface area contributed by atoms with Gasteiger partial charge in [0.1, 0.15) is 0 Å². The van der Waals surface area contributed by atoms with E-state index in [1.54, 1.807) is 0 Å². The van der Waals surface area contributed by atoms with Crippen LogP contribution in [0.1, 0.15) is 5.56 Å². The lowest BCUT2D eigenvalue weighted by Gasteiger charge is -1.97. The highest BCUT2D eigenvalue weighted by Crippen LogP contribution is 2.25. The first-order valence-corrected chi connectivity index (χ1v) is 9.44. The number of nitrogens with zero attached hydrogens (tertiary/aromatic N) is 3. The molecular formula is C17H9Br2N3OS. The Labute approximate surface area is 157 Å². The van der Waals surface area contributed by atoms with Crippen LogP contribution >= 0.6 is 43.2 Å². The molecule has 0 spiro atoms. The topological polar surface area (TPSA) is 47.3 Å². The number of benzene rings is 2. The molecule has 0 saturated heterocycles. The number of rotatable bonds is 2. The van der Waals surface area contributed by atoms with Crippen LogP contribution in [0.4, 0.5) is 0 Å². The zero-order valence-electron chi connectivity index (χ0n) is 12.1. The van der Waals surface area contributed by atoms with E-state index in [4.69, 9.17) is 0 Å². The maximum absolute atomic E-state index is 12.5. The Bertz CT molecular complexity index is 1150. The normalized spacial score (nSPS) is 12.2. The molecule has 0 aliphatic carbocycles. The van der Waals surface area contributed by atoms with Crippen molar-refractivity contribution in [3.63, 3.8) is 0 Å². The molecule has 0 fully saturated rings. The third-order valence-corrected chi connectivity index (χ3v) is 5.64. The van der Waals surface area contributed by atoms with E-state index < -0.39 is 0 Å². The summed E-state index contributed by atoms with van der Waals surface area (Å²) >= 11 is 8.23. The van der Waals surface area contributed by atoms with Gasteiger partial charge in [-0.15, -0.1) is 5.10 Å². The average molecular weight is 463 g/mol. The van der Waals surface area contributed by atoms with Crippen molar-refractivity contribution in [3.05, 3.63) is 77.9 Å². The molecule has 2 heterocycles. The molecule has 0 unspecified atom stereocenters. The summed E-state index contributed by atoms with van der Waals surface area (Å²) in [5, 5.41) is 4.37. The number of aromatic nitrogens is 3. The SMILES string of the molecule is O=c1/c(=C/c2ccc(Br)cc2)sc2nc(-c3ccccc3Br)nn12. The van der Waals surface area contributed by atoms with Gasteiger partial charge in [-0.2, -0.15) is 9.50 Å². The van der Waals surface area contributed by atoms with E-state index in [2.05, 4.69) is 41.9 Å². The van der Waals surface area contributed by atoms with E-state index in [0.717, 1.165) is 20.1 Å². The summed E-state index contributed by atoms with van der Waals surface area (Å²) in [5.41, 5.74) is 1.68. The first-order valence-electron chi connectivity index (χ1n) is 7.03. The molecule has 0 radical (unpaired) electrons. The lowest BCUT2D eigenvalue weighted by atomic mass is 10.2. The largest absolute Gasteiger partial charge is 0.291 e. The molecule has 0 atom stereocenters. The molecule has 118 valence electrons. The van der Waals surface area contributed by atoms with Crippen LogP contribution in [-0.4, -0.2) is 14.6 Å². The summed E-state index contributed by atoms with van der Waals surface area (Å²) in [5.74, 6) is 0.543. The maximum atomic E-state index is 12.5. The standard InChI is InChI=1S/C17H9Br2N3OS/c18-11-7-5-10(6-8-11)9-14-16(23)22-17(24-14)20-15(21-22)12-3-1-2-4-13(12)19/h1-9H/b14-9-. The Balaban J connectivity index is 1.83. The predicted octanol–water partition coefficient (Wildman–Crippen LogP) is 3.89. The molecule has 0 amide bonds. The highest BCUT2D eigenvalue weighted by Gasteiger charge is 2.13. The van der Waals surface area contributed by atoms with Gasteiger partial charge in [-0.3, -0.25) is 4.79 Å². The van der Waals surface area contributed by atoms with Gasteiger partial charge in [0, 0.05) is 14.5 Å². The van der Waals surface area contributed by atoms with Crippen LogP contribution in [-0.2, 0) is 0 Å². The fourth-order valence-corrected chi connectivity index (χ4v) is 3.93. The van der Waals surface area contributed by atoms with Crippen LogP contribution in [0, 0.1) is 0 Å². The maximum Gasteiger partial charge on any atom is 0.291 e. The van der Waals surface area contributed by atoms with Crippen molar-refractivity contribution in [1.82, 2.24) is 14.6 Å². The minimum Gasteiger partial charge on any atom is -0.266 e. The highest BCUT2D eigenvalue weighted by atomic mass is 79.9. The van der Waals surface area contributed by atoms with Gasteiger partial charge in [0.2, 0.25) is 4.96 Å². The van der Waals surface area contributed by atoms with E-state index in [1.807, 2.05) is 54.6 Å². The highest BCUT2D eigenvalue weighted by molar-refractivity contribution is 9.10. The molecule has 4 nitrogen and oxygen atoms in total. The minimum atomic E-state index is -0.149. The Morgan fingerprint density at radius 1 is 1.04 bits per heavy atom. The van der Waals surface area contributed by atoms with Crippen LogP contribution in [0.5, 0.6) is 0 Å². The smallest absolute Gasteiger partial charge is 0.266 e. The first-order chi connectivity index (χ1) is 11.6. The Morgan fingerprint density at radius 2 is 1.79 bits per heavy atom. The van der Waals surface area contributed by atoms with Crippen LogP contribution < -0.4 is 10.1 Å². The fraction of sp³-hybridized carbons (Fsp3) is 0. The number of fused-ring (bicyclic) bond motifs is 1. The second-order valence-electron chi connectivity index (χ2n) is 5.08. The summed E-state index contributed by atoms with van der Waals surface area (Å²) in [6.45, 7) is 0. The zero-order valence-corrected chi connectivity index (χ0v) is 16.1. The zero-order chi connectivity index (χ0) is 16.7. The third-order valence-electron chi connectivity index (χ3n) is 3.46. The summed E-state index contributed by atoms with van der Waals surface area (Å²) in [6.07, 6.45) is 1.86.